The fraction of sp³-hybridized carbons (Fsp3) is 0.667. The van der Waals surface area contributed by atoms with E-state index in [0.717, 1.165) is 0 Å². The highest BCUT2D eigenvalue weighted by Crippen LogP contribution is 2.18. The molecule has 0 aromatic carbocycles. The lowest BCUT2D eigenvalue weighted by Gasteiger charge is -2.21. The molecule has 0 atom stereocenters. The van der Waals surface area contributed by atoms with E-state index >= 15 is 0 Å². The van der Waals surface area contributed by atoms with Crippen LogP contribution in [0.15, 0.2) is 11.8 Å². The van der Waals surface area contributed by atoms with Crippen LogP contribution in [-0.2, 0) is 19.0 Å². The third kappa shape index (κ3) is 3.35. The van der Waals surface area contributed by atoms with Gasteiger partial charge in [-0.15, -0.1) is 0 Å². The first kappa shape index (κ1) is 11.0. The highest BCUT2D eigenvalue weighted by Gasteiger charge is 2.32. The maximum absolute atomic E-state index is 11.1. The molecule has 1 aliphatic rings. The molecule has 80 valence electrons. The topological polar surface area (TPSA) is 70.8 Å². The lowest BCUT2D eigenvalue weighted by atomic mass is 10.3. The summed E-state index contributed by atoms with van der Waals surface area (Å²) < 4.78 is 15.4. The second kappa shape index (κ2) is 4.43. The summed E-state index contributed by atoms with van der Waals surface area (Å²) in [6.07, 6.45) is 1.22. The highest BCUT2D eigenvalue weighted by molar-refractivity contribution is 5.82. The Bertz CT molecular complexity index is 239. The van der Waals surface area contributed by atoms with Crippen molar-refractivity contribution in [3.05, 3.63) is 11.8 Å². The number of hydrogen-bond acceptors (Lipinski definition) is 5. The molecule has 0 unspecified atom stereocenters. The minimum Gasteiger partial charge on any atom is -0.457 e. The molecule has 0 amide bonds. The zero-order chi connectivity index (χ0) is 10.6. The van der Waals surface area contributed by atoms with Crippen LogP contribution in [0.25, 0.3) is 0 Å². The fourth-order valence-electron chi connectivity index (χ4n) is 1.07. The maximum atomic E-state index is 11.1. The first-order valence-corrected chi connectivity index (χ1v) is 4.40. The molecule has 14 heavy (non-hydrogen) atoms. The first-order valence-electron chi connectivity index (χ1n) is 4.40. The van der Waals surface area contributed by atoms with Gasteiger partial charge in [0, 0.05) is 11.8 Å². The van der Waals surface area contributed by atoms with E-state index in [2.05, 4.69) is 0 Å². The van der Waals surface area contributed by atoms with E-state index in [0.29, 0.717) is 18.9 Å². The SMILES string of the molecule is C/C(N)=C/C(=O)OCC1(C)OCCO1. The Labute approximate surface area is 82.8 Å². The number of rotatable bonds is 3. The summed E-state index contributed by atoms with van der Waals surface area (Å²) in [6, 6.07) is 0. The Morgan fingerprint density at radius 2 is 2.14 bits per heavy atom. The Kier molecular flexibility index (Phi) is 3.49. The van der Waals surface area contributed by atoms with Gasteiger partial charge in [-0.05, 0) is 13.8 Å². The van der Waals surface area contributed by atoms with Gasteiger partial charge >= 0.3 is 5.97 Å². The number of esters is 1. The van der Waals surface area contributed by atoms with Crippen molar-refractivity contribution in [1.29, 1.82) is 0 Å². The monoisotopic (exact) mass is 201 g/mol. The summed E-state index contributed by atoms with van der Waals surface area (Å²) in [4.78, 5) is 11.1. The molecule has 0 spiro atoms. The summed E-state index contributed by atoms with van der Waals surface area (Å²) in [6.45, 7) is 4.48. The van der Waals surface area contributed by atoms with Crippen LogP contribution in [0.5, 0.6) is 0 Å². The van der Waals surface area contributed by atoms with Crippen LogP contribution in [0, 0.1) is 0 Å². The summed E-state index contributed by atoms with van der Waals surface area (Å²) >= 11 is 0. The Hall–Kier alpha value is -1.07. The zero-order valence-corrected chi connectivity index (χ0v) is 8.41. The minimum absolute atomic E-state index is 0.0790. The van der Waals surface area contributed by atoms with Crippen molar-refractivity contribution < 1.29 is 19.0 Å². The number of hydrogen-bond donors (Lipinski definition) is 1. The molecule has 5 nitrogen and oxygen atoms in total. The second-order valence-electron chi connectivity index (χ2n) is 3.33. The van der Waals surface area contributed by atoms with Gasteiger partial charge in [-0.3, -0.25) is 0 Å². The molecule has 5 heteroatoms. The van der Waals surface area contributed by atoms with Crippen molar-refractivity contribution in [3.8, 4) is 0 Å². The largest absolute Gasteiger partial charge is 0.457 e. The van der Waals surface area contributed by atoms with E-state index in [1.54, 1.807) is 13.8 Å². The van der Waals surface area contributed by atoms with Crippen molar-refractivity contribution in [2.45, 2.75) is 19.6 Å². The molecular weight excluding hydrogens is 186 g/mol. The summed E-state index contributed by atoms with van der Waals surface area (Å²) in [5.74, 6) is -1.28. The molecule has 0 aromatic heterocycles. The summed E-state index contributed by atoms with van der Waals surface area (Å²) in [7, 11) is 0. The minimum atomic E-state index is -0.800. The van der Waals surface area contributed by atoms with Crippen LogP contribution >= 0.6 is 0 Å². The van der Waals surface area contributed by atoms with E-state index < -0.39 is 11.8 Å². The Morgan fingerprint density at radius 1 is 1.57 bits per heavy atom. The average Bonchev–Trinajstić information content (AvgIpc) is 2.49. The van der Waals surface area contributed by atoms with Gasteiger partial charge in [0.1, 0.15) is 6.61 Å². The Balaban J connectivity index is 2.33. The number of carbonyl (C=O) groups excluding carboxylic acids is 1. The molecular formula is C9H15NO4. The third-order valence-corrected chi connectivity index (χ3v) is 1.72. The van der Waals surface area contributed by atoms with Gasteiger partial charge in [-0.1, -0.05) is 0 Å². The molecule has 1 fully saturated rings. The molecule has 1 heterocycles. The predicted octanol–water partition coefficient (Wildman–Crippen LogP) is 0.155. The highest BCUT2D eigenvalue weighted by atomic mass is 16.8. The molecule has 1 aliphatic heterocycles. The smallest absolute Gasteiger partial charge is 0.332 e. The number of carbonyl (C=O) groups is 1. The number of allylic oxidation sites excluding steroid dienone is 1. The van der Waals surface area contributed by atoms with Crippen LogP contribution in [0.2, 0.25) is 0 Å². The van der Waals surface area contributed by atoms with Crippen molar-refractivity contribution >= 4 is 5.97 Å². The number of nitrogens with two attached hydrogens (primary N) is 1. The van der Waals surface area contributed by atoms with Gasteiger partial charge in [0.15, 0.2) is 5.79 Å². The van der Waals surface area contributed by atoms with Crippen LogP contribution in [0.4, 0.5) is 0 Å². The van der Waals surface area contributed by atoms with E-state index in [1.165, 1.54) is 6.08 Å². The van der Waals surface area contributed by atoms with Crippen molar-refractivity contribution in [1.82, 2.24) is 0 Å². The van der Waals surface area contributed by atoms with Crippen LogP contribution < -0.4 is 5.73 Å². The quantitative estimate of drug-likeness (QED) is 0.520. The average molecular weight is 201 g/mol. The van der Waals surface area contributed by atoms with E-state index in [-0.39, 0.29) is 6.61 Å². The molecule has 0 aliphatic carbocycles. The fourth-order valence-corrected chi connectivity index (χ4v) is 1.07. The molecule has 0 saturated carbocycles. The Morgan fingerprint density at radius 3 is 2.64 bits per heavy atom. The van der Waals surface area contributed by atoms with Crippen LogP contribution in [0.1, 0.15) is 13.8 Å². The summed E-state index contributed by atoms with van der Waals surface area (Å²) in [5.41, 5.74) is 5.72. The van der Waals surface area contributed by atoms with Gasteiger partial charge < -0.3 is 19.9 Å². The standard InChI is InChI=1S/C9H15NO4/c1-7(10)5-8(11)12-6-9(2)13-3-4-14-9/h5H,3-4,6,10H2,1-2H3/b7-5-. The first-order chi connectivity index (χ1) is 6.52. The predicted molar refractivity (Wildman–Crippen MR) is 49.2 cm³/mol. The van der Waals surface area contributed by atoms with Crippen molar-refractivity contribution in [2.75, 3.05) is 19.8 Å². The number of ether oxygens (including phenoxy) is 3. The van der Waals surface area contributed by atoms with Crippen molar-refractivity contribution in [2.24, 2.45) is 5.73 Å². The maximum Gasteiger partial charge on any atom is 0.332 e. The van der Waals surface area contributed by atoms with Crippen LogP contribution in [0.3, 0.4) is 0 Å². The normalized spacial score (nSPS) is 20.9. The van der Waals surface area contributed by atoms with E-state index in [4.69, 9.17) is 19.9 Å². The van der Waals surface area contributed by atoms with Crippen LogP contribution in [-0.4, -0.2) is 31.6 Å². The van der Waals surface area contributed by atoms with Gasteiger partial charge in [-0.25, -0.2) is 4.79 Å². The lowest BCUT2D eigenvalue weighted by molar-refractivity contribution is -0.186. The van der Waals surface area contributed by atoms with Gasteiger partial charge in [0.05, 0.1) is 13.2 Å². The third-order valence-electron chi connectivity index (χ3n) is 1.72. The molecule has 2 N–H and O–H groups in total. The zero-order valence-electron chi connectivity index (χ0n) is 8.41. The second-order valence-corrected chi connectivity index (χ2v) is 3.33. The van der Waals surface area contributed by atoms with Crippen molar-refractivity contribution in [3.63, 3.8) is 0 Å². The lowest BCUT2D eigenvalue weighted by Crippen LogP contribution is -2.33. The van der Waals surface area contributed by atoms with E-state index in [1.807, 2.05) is 0 Å². The molecule has 0 bridgehead atoms. The van der Waals surface area contributed by atoms with E-state index in [9.17, 15) is 4.79 Å². The molecule has 0 radical (unpaired) electrons. The van der Waals surface area contributed by atoms with Gasteiger partial charge in [0.25, 0.3) is 0 Å². The van der Waals surface area contributed by atoms with Gasteiger partial charge in [-0.2, -0.15) is 0 Å². The molecule has 1 rings (SSSR count). The summed E-state index contributed by atoms with van der Waals surface area (Å²) in [5, 5.41) is 0. The van der Waals surface area contributed by atoms with Gasteiger partial charge in [0.2, 0.25) is 0 Å². The molecule has 0 aromatic rings. The molecule has 1 saturated heterocycles.